The van der Waals surface area contributed by atoms with E-state index in [1.807, 2.05) is 18.2 Å². The largest absolute Gasteiger partial charge is 0.508 e. The third kappa shape index (κ3) is 6.64. The summed E-state index contributed by atoms with van der Waals surface area (Å²) in [5.74, 6) is -1.77. The van der Waals surface area contributed by atoms with Crippen molar-refractivity contribution in [2.24, 2.45) is 0 Å². The number of hydrogen-bond donors (Lipinski definition) is 4. The zero-order chi connectivity index (χ0) is 20.5. The number of carbonyl (C=O) groups excluding carboxylic acids is 2. The number of nitrogens with one attached hydrogen (secondary N) is 2. The van der Waals surface area contributed by atoms with Crippen molar-refractivity contribution in [3.05, 3.63) is 65.2 Å². The first-order valence-corrected chi connectivity index (χ1v) is 8.60. The van der Waals surface area contributed by atoms with Crippen LogP contribution in [-0.2, 0) is 27.4 Å². The van der Waals surface area contributed by atoms with Crippen LogP contribution in [0.1, 0.15) is 16.7 Å². The maximum Gasteiger partial charge on any atom is 0.407 e. The van der Waals surface area contributed by atoms with Crippen LogP contribution in [0, 0.1) is 6.92 Å². The summed E-state index contributed by atoms with van der Waals surface area (Å²) in [4.78, 5) is 35.1. The van der Waals surface area contributed by atoms with Crippen LogP contribution in [0.4, 0.5) is 4.79 Å². The van der Waals surface area contributed by atoms with E-state index in [2.05, 4.69) is 10.6 Å². The summed E-state index contributed by atoms with van der Waals surface area (Å²) in [6.45, 7) is 1.39. The predicted octanol–water partition coefficient (Wildman–Crippen LogP) is 1.74. The SMILES string of the molecule is Cc1cc(O)ccc1C[C@H](NC(=O)CNC(=O)OCc1ccccc1)C(=O)O. The summed E-state index contributed by atoms with van der Waals surface area (Å²) in [5, 5.41) is 23.4. The van der Waals surface area contributed by atoms with Crippen molar-refractivity contribution in [3.63, 3.8) is 0 Å². The first-order chi connectivity index (χ1) is 13.3. The van der Waals surface area contributed by atoms with E-state index in [9.17, 15) is 24.6 Å². The van der Waals surface area contributed by atoms with Crippen LogP contribution < -0.4 is 10.6 Å². The highest BCUT2D eigenvalue weighted by atomic mass is 16.5. The van der Waals surface area contributed by atoms with Gasteiger partial charge in [0.1, 0.15) is 24.9 Å². The Bertz CT molecular complexity index is 838. The molecule has 0 aliphatic heterocycles. The van der Waals surface area contributed by atoms with Crippen molar-refractivity contribution in [2.45, 2.75) is 26.0 Å². The zero-order valence-corrected chi connectivity index (χ0v) is 15.3. The number of carboxylic acids is 1. The number of phenolic OH excluding ortho intramolecular Hbond substituents is 1. The number of alkyl carbamates (subject to hydrolysis) is 1. The molecule has 0 saturated heterocycles. The van der Waals surface area contributed by atoms with Gasteiger partial charge < -0.3 is 25.6 Å². The van der Waals surface area contributed by atoms with Crippen molar-refractivity contribution in [1.82, 2.24) is 10.6 Å². The van der Waals surface area contributed by atoms with Crippen LogP contribution in [-0.4, -0.2) is 40.8 Å². The lowest BCUT2D eigenvalue weighted by molar-refractivity contribution is -0.141. The molecule has 0 fully saturated rings. The Morgan fingerprint density at radius 2 is 1.82 bits per heavy atom. The Kier molecular flexibility index (Phi) is 7.38. The number of amides is 2. The second kappa shape index (κ2) is 9.96. The smallest absolute Gasteiger partial charge is 0.407 e. The molecule has 8 nitrogen and oxygen atoms in total. The average Bonchev–Trinajstić information content (AvgIpc) is 2.66. The maximum absolute atomic E-state index is 12.0. The van der Waals surface area contributed by atoms with Crippen molar-refractivity contribution in [2.75, 3.05) is 6.54 Å². The molecule has 0 unspecified atom stereocenters. The average molecular weight is 386 g/mol. The van der Waals surface area contributed by atoms with Gasteiger partial charge in [-0.1, -0.05) is 36.4 Å². The molecule has 2 rings (SSSR count). The molecular weight excluding hydrogens is 364 g/mol. The van der Waals surface area contributed by atoms with E-state index in [0.29, 0.717) is 11.1 Å². The summed E-state index contributed by atoms with van der Waals surface area (Å²) in [6, 6.07) is 12.5. The maximum atomic E-state index is 12.0. The normalized spacial score (nSPS) is 11.3. The van der Waals surface area contributed by atoms with Gasteiger partial charge in [0.2, 0.25) is 5.91 Å². The number of carbonyl (C=O) groups is 3. The van der Waals surface area contributed by atoms with Gasteiger partial charge >= 0.3 is 12.1 Å². The summed E-state index contributed by atoms with van der Waals surface area (Å²) in [6.07, 6.45) is -0.730. The highest BCUT2D eigenvalue weighted by Crippen LogP contribution is 2.17. The number of aromatic hydroxyl groups is 1. The molecule has 2 aromatic rings. The quantitative estimate of drug-likeness (QED) is 0.548. The van der Waals surface area contributed by atoms with Gasteiger partial charge in [-0.05, 0) is 35.7 Å². The fraction of sp³-hybridized carbons (Fsp3) is 0.250. The first kappa shape index (κ1) is 20.8. The van der Waals surface area contributed by atoms with Gasteiger partial charge in [0, 0.05) is 6.42 Å². The number of benzene rings is 2. The number of hydrogen-bond acceptors (Lipinski definition) is 5. The predicted molar refractivity (Wildman–Crippen MR) is 101 cm³/mol. The lowest BCUT2D eigenvalue weighted by Gasteiger charge is -2.16. The Balaban J connectivity index is 1.81. The highest BCUT2D eigenvalue weighted by molar-refractivity contribution is 5.86. The van der Waals surface area contributed by atoms with Gasteiger partial charge in [-0.3, -0.25) is 4.79 Å². The van der Waals surface area contributed by atoms with Crippen molar-refractivity contribution < 1.29 is 29.3 Å². The summed E-state index contributed by atoms with van der Waals surface area (Å²) < 4.78 is 4.98. The molecule has 0 aliphatic rings. The topological polar surface area (TPSA) is 125 Å². The molecule has 148 valence electrons. The molecule has 2 aromatic carbocycles. The van der Waals surface area contributed by atoms with Crippen LogP contribution in [0.15, 0.2) is 48.5 Å². The van der Waals surface area contributed by atoms with E-state index in [1.54, 1.807) is 25.1 Å². The molecule has 8 heteroatoms. The third-order valence-electron chi connectivity index (χ3n) is 3.99. The minimum absolute atomic E-state index is 0.0473. The van der Waals surface area contributed by atoms with Crippen LogP contribution >= 0.6 is 0 Å². The second-order valence-electron chi connectivity index (χ2n) is 6.19. The van der Waals surface area contributed by atoms with E-state index in [-0.39, 0.29) is 18.8 Å². The van der Waals surface area contributed by atoms with Crippen LogP contribution in [0.3, 0.4) is 0 Å². The molecule has 0 saturated carbocycles. The molecule has 0 heterocycles. The Hall–Kier alpha value is -3.55. The zero-order valence-electron chi connectivity index (χ0n) is 15.3. The summed E-state index contributed by atoms with van der Waals surface area (Å²) in [5.41, 5.74) is 2.20. The molecule has 4 N–H and O–H groups in total. The molecule has 0 bridgehead atoms. The minimum Gasteiger partial charge on any atom is -0.508 e. The monoisotopic (exact) mass is 386 g/mol. The number of ether oxygens (including phenoxy) is 1. The Morgan fingerprint density at radius 3 is 2.46 bits per heavy atom. The van der Waals surface area contributed by atoms with Crippen molar-refractivity contribution >= 4 is 18.0 Å². The molecule has 0 aliphatic carbocycles. The summed E-state index contributed by atoms with van der Waals surface area (Å²) in [7, 11) is 0. The van der Waals surface area contributed by atoms with E-state index in [0.717, 1.165) is 5.56 Å². The number of rotatable bonds is 8. The molecule has 28 heavy (non-hydrogen) atoms. The van der Waals surface area contributed by atoms with Crippen molar-refractivity contribution in [1.29, 1.82) is 0 Å². The highest BCUT2D eigenvalue weighted by Gasteiger charge is 2.21. The van der Waals surface area contributed by atoms with Gasteiger partial charge in [-0.15, -0.1) is 0 Å². The fourth-order valence-electron chi connectivity index (χ4n) is 2.50. The fourth-order valence-corrected chi connectivity index (χ4v) is 2.50. The summed E-state index contributed by atoms with van der Waals surface area (Å²) >= 11 is 0. The van der Waals surface area contributed by atoms with Gasteiger partial charge in [-0.25, -0.2) is 9.59 Å². The van der Waals surface area contributed by atoms with Crippen molar-refractivity contribution in [3.8, 4) is 5.75 Å². The van der Waals surface area contributed by atoms with E-state index in [4.69, 9.17) is 4.74 Å². The number of aliphatic carboxylic acids is 1. The second-order valence-corrected chi connectivity index (χ2v) is 6.19. The standard InChI is InChI=1S/C20H22N2O6/c1-13-9-16(23)8-7-15(13)10-17(19(25)26)22-18(24)11-21-20(27)28-12-14-5-3-2-4-6-14/h2-9,17,23H,10-12H2,1H3,(H,21,27)(H,22,24)(H,25,26)/t17-/m0/s1. The van der Waals surface area contributed by atoms with Gasteiger partial charge in [0.15, 0.2) is 0 Å². The first-order valence-electron chi connectivity index (χ1n) is 8.60. The molecule has 0 radical (unpaired) electrons. The number of phenols is 1. The van der Waals surface area contributed by atoms with E-state index in [1.165, 1.54) is 12.1 Å². The lowest BCUT2D eigenvalue weighted by Crippen LogP contribution is -2.46. The Morgan fingerprint density at radius 1 is 1.11 bits per heavy atom. The number of carboxylic acid groups (broad SMARTS) is 1. The molecular formula is C20H22N2O6. The van der Waals surface area contributed by atoms with Gasteiger partial charge in [-0.2, -0.15) is 0 Å². The van der Waals surface area contributed by atoms with Gasteiger partial charge in [0.05, 0.1) is 0 Å². The molecule has 0 spiro atoms. The van der Waals surface area contributed by atoms with E-state index >= 15 is 0 Å². The Labute approximate surface area is 162 Å². The third-order valence-corrected chi connectivity index (χ3v) is 3.99. The van der Waals surface area contributed by atoms with Crippen LogP contribution in [0.5, 0.6) is 5.75 Å². The number of aryl methyl sites for hydroxylation is 1. The van der Waals surface area contributed by atoms with Gasteiger partial charge in [0.25, 0.3) is 0 Å². The van der Waals surface area contributed by atoms with Crippen LogP contribution in [0.2, 0.25) is 0 Å². The lowest BCUT2D eigenvalue weighted by atomic mass is 10.0. The van der Waals surface area contributed by atoms with E-state index < -0.39 is 30.6 Å². The van der Waals surface area contributed by atoms with Crippen LogP contribution in [0.25, 0.3) is 0 Å². The molecule has 1 atom stereocenters. The minimum atomic E-state index is -1.20. The molecule has 2 amide bonds. The molecule has 0 aromatic heterocycles.